The molecular formula is C8H5ClN6. The molecule has 0 fully saturated rings. The van der Waals surface area contributed by atoms with Crippen LogP contribution in [0.25, 0.3) is 17.0 Å². The smallest absolute Gasteiger partial charge is 0.198 e. The second kappa shape index (κ2) is 3.03. The number of hydrogen-bond acceptors (Lipinski definition) is 4. The van der Waals surface area contributed by atoms with E-state index in [1.807, 2.05) is 0 Å². The van der Waals surface area contributed by atoms with E-state index in [2.05, 4.69) is 25.4 Å². The predicted octanol–water partition coefficient (Wildman–Crippen LogP) is 1.17. The topological polar surface area (TPSA) is 71.8 Å². The maximum absolute atomic E-state index is 5.87. The Bertz CT molecular complexity index is 599. The summed E-state index contributed by atoms with van der Waals surface area (Å²) in [6.45, 7) is 0. The van der Waals surface area contributed by atoms with Gasteiger partial charge in [-0.25, -0.2) is 4.98 Å². The molecule has 0 aliphatic heterocycles. The van der Waals surface area contributed by atoms with Gasteiger partial charge in [0, 0.05) is 18.6 Å². The molecule has 3 heterocycles. The maximum Gasteiger partial charge on any atom is 0.198 e. The van der Waals surface area contributed by atoms with Gasteiger partial charge in [-0.3, -0.25) is 9.50 Å². The predicted molar refractivity (Wildman–Crippen MR) is 53.4 cm³/mol. The van der Waals surface area contributed by atoms with Gasteiger partial charge in [-0.2, -0.15) is 5.10 Å². The van der Waals surface area contributed by atoms with Crippen molar-refractivity contribution in [1.29, 1.82) is 0 Å². The molecule has 0 unspecified atom stereocenters. The van der Waals surface area contributed by atoms with E-state index in [1.165, 1.54) is 0 Å². The number of aromatic amines is 1. The van der Waals surface area contributed by atoms with E-state index in [1.54, 1.807) is 29.2 Å². The van der Waals surface area contributed by atoms with E-state index in [-0.39, 0.29) is 0 Å². The van der Waals surface area contributed by atoms with Gasteiger partial charge in [0.25, 0.3) is 0 Å². The van der Waals surface area contributed by atoms with Crippen molar-refractivity contribution in [3.8, 4) is 11.4 Å². The lowest BCUT2D eigenvalue weighted by Gasteiger charge is -1.95. The number of nitrogens with one attached hydrogen (secondary N) is 1. The van der Waals surface area contributed by atoms with E-state index in [9.17, 15) is 0 Å². The zero-order valence-corrected chi connectivity index (χ0v) is 8.18. The van der Waals surface area contributed by atoms with Gasteiger partial charge in [0.2, 0.25) is 0 Å². The third-order valence-electron chi connectivity index (χ3n) is 2.04. The van der Waals surface area contributed by atoms with Crippen LogP contribution in [-0.4, -0.2) is 29.8 Å². The van der Waals surface area contributed by atoms with Crippen LogP contribution in [0.2, 0.25) is 5.15 Å². The standard InChI is InChI=1S/C8H5ClN6/c9-6-8-14-13-7(5-3-11-12-4-5)15(8)2-1-10-6/h1-4H,(H,11,12). The minimum atomic E-state index is 0.333. The number of aromatic nitrogens is 6. The van der Waals surface area contributed by atoms with Crippen LogP contribution in [0.3, 0.4) is 0 Å². The first-order chi connectivity index (χ1) is 7.36. The third kappa shape index (κ3) is 1.18. The molecule has 0 aliphatic carbocycles. The van der Waals surface area contributed by atoms with Gasteiger partial charge in [-0.15, -0.1) is 10.2 Å². The molecule has 0 aromatic carbocycles. The Labute approximate surface area is 88.9 Å². The van der Waals surface area contributed by atoms with Crippen LogP contribution in [0.4, 0.5) is 0 Å². The molecule has 0 amide bonds. The van der Waals surface area contributed by atoms with Crippen molar-refractivity contribution >= 4 is 17.2 Å². The van der Waals surface area contributed by atoms with Crippen molar-refractivity contribution in [2.75, 3.05) is 0 Å². The summed E-state index contributed by atoms with van der Waals surface area (Å²) < 4.78 is 1.76. The summed E-state index contributed by atoms with van der Waals surface area (Å²) in [6, 6.07) is 0. The summed E-state index contributed by atoms with van der Waals surface area (Å²) in [5.41, 5.74) is 1.39. The second-order valence-electron chi connectivity index (χ2n) is 2.92. The molecule has 0 saturated heterocycles. The maximum atomic E-state index is 5.87. The average Bonchev–Trinajstić information content (AvgIpc) is 2.85. The van der Waals surface area contributed by atoms with Crippen molar-refractivity contribution in [2.24, 2.45) is 0 Å². The molecule has 3 aromatic rings. The number of fused-ring (bicyclic) bond motifs is 1. The Morgan fingerprint density at radius 3 is 3.07 bits per heavy atom. The number of rotatable bonds is 1. The van der Waals surface area contributed by atoms with Crippen LogP contribution in [0.1, 0.15) is 0 Å². The fourth-order valence-corrected chi connectivity index (χ4v) is 1.55. The highest BCUT2D eigenvalue weighted by atomic mass is 35.5. The minimum Gasteiger partial charge on any atom is -0.285 e. The molecule has 6 nitrogen and oxygen atoms in total. The van der Waals surface area contributed by atoms with Gasteiger partial charge < -0.3 is 0 Å². The van der Waals surface area contributed by atoms with Gasteiger partial charge in [0.1, 0.15) is 0 Å². The SMILES string of the molecule is Clc1nccn2c(-c3cn[nH]c3)nnc12. The van der Waals surface area contributed by atoms with Gasteiger partial charge >= 0.3 is 0 Å². The van der Waals surface area contributed by atoms with Crippen molar-refractivity contribution in [1.82, 2.24) is 29.8 Å². The Balaban J connectivity index is 2.34. The largest absolute Gasteiger partial charge is 0.285 e. The van der Waals surface area contributed by atoms with Gasteiger partial charge in [-0.05, 0) is 0 Å². The van der Waals surface area contributed by atoms with Crippen molar-refractivity contribution in [3.05, 3.63) is 29.9 Å². The van der Waals surface area contributed by atoms with Crippen LogP contribution in [0.15, 0.2) is 24.8 Å². The number of halogens is 1. The number of nitrogens with zero attached hydrogens (tertiary/aromatic N) is 5. The highest BCUT2D eigenvalue weighted by Gasteiger charge is 2.10. The molecule has 0 atom stereocenters. The Hall–Kier alpha value is -1.95. The van der Waals surface area contributed by atoms with Crippen LogP contribution < -0.4 is 0 Å². The van der Waals surface area contributed by atoms with Crippen molar-refractivity contribution < 1.29 is 0 Å². The summed E-state index contributed by atoms with van der Waals surface area (Å²) in [5, 5.41) is 14.9. The number of hydrogen-bond donors (Lipinski definition) is 1. The van der Waals surface area contributed by atoms with E-state index in [0.717, 1.165) is 5.56 Å². The van der Waals surface area contributed by atoms with Gasteiger partial charge in [-0.1, -0.05) is 11.6 Å². The van der Waals surface area contributed by atoms with E-state index >= 15 is 0 Å². The van der Waals surface area contributed by atoms with Gasteiger partial charge in [0.05, 0.1) is 11.8 Å². The highest BCUT2D eigenvalue weighted by molar-refractivity contribution is 6.32. The molecule has 0 aliphatic rings. The van der Waals surface area contributed by atoms with Crippen LogP contribution in [0, 0.1) is 0 Å². The molecule has 0 spiro atoms. The lowest BCUT2D eigenvalue weighted by Crippen LogP contribution is -1.89. The van der Waals surface area contributed by atoms with E-state index < -0.39 is 0 Å². The van der Waals surface area contributed by atoms with Crippen molar-refractivity contribution in [3.63, 3.8) is 0 Å². The highest BCUT2D eigenvalue weighted by Crippen LogP contribution is 2.19. The zero-order chi connectivity index (χ0) is 10.3. The molecule has 0 radical (unpaired) electrons. The first-order valence-electron chi connectivity index (χ1n) is 4.20. The molecule has 3 aromatic heterocycles. The van der Waals surface area contributed by atoms with Gasteiger partial charge in [0.15, 0.2) is 16.6 Å². The summed E-state index contributed by atoms with van der Waals surface area (Å²) in [6.07, 6.45) is 6.77. The zero-order valence-electron chi connectivity index (χ0n) is 7.42. The summed E-state index contributed by atoms with van der Waals surface area (Å²) in [7, 11) is 0. The molecule has 7 heteroatoms. The molecule has 15 heavy (non-hydrogen) atoms. The van der Waals surface area contributed by atoms with Crippen LogP contribution >= 0.6 is 11.6 Å². The van der Waals surface area contributed by atoms with E-state index in [4.69, 9.17) is 11.6 Å². The van der Waals surface area contributed by atoms with E-state index in [0.29, 0.717) is 16.6 Å². The first kappa shape index (κ1) is 8.37. The fourth-order valence-electron chi connectivity index (χ4n) is 1.37. The molecule has 0 bridgehead atoms. The van der Waals surface area contributed by atoms with Crippen LogP contribution in [-0.2, 0) is 0 Å². The lowest BCUT2D eigenvalue weighted by molar-refractivity contribution is 1.09. The molecular weight excluding hydrogens is 216 g/mol. The Morgan fingerprint density at radius 1 is 1.33 bits per heavy atom. The quantitative estimate of drug-likeness (QED) is 0.668. The minimum absolute atomic E-state index is 0.333. The third-order valence-corrected chi connectivity index (χ3v) is 2.31. The normalized spacial score (nSPS) is 11.0. The second-order valence-corrected chi connectivity index (χ2v) is 3.28. The molecule has 0 saturated carbocycles. The first-order valence-corrected chi connectivity index (χ1v) is 4.58. The Morgan fingerprint density at radius 2 is 2.27 bits per heavy atom. The van der Waals surface area contributed by atoms with Crippen molar-refractivity contribution in [2.45, 2.75) is 0 Å². The lowest BCUT2D eigenvalue weighted by atomic mass is 10.3. The van der Waals surface area contributed by atoms with Crippen LogP contribution in [0.5, 0.6) is 0 Å². The summed E-state index contributed by atoms with van der Waals surface area (Å²) >= 11 is 5.87. The molecule has 74 valence electrons. The Kier molecular flexibility index (Phi) is 1.69. The molecule has 3 rings (SSSR count). The summed E-state index contributed by atoms with van der Waals surface area (Å²) in [5.74, 6) is 0.683. The molecule has 1 N–H and O–H groups in total. The summed E-state index contributed by atoms with van der Waals surface area (Å²) in [4.78, 5) is 3.92. The number of H-pyrrole nitrogens is 1. The monoisotopic (exact) mass is 220 g/mol. The average molecular weight is 221 g/mol. The fraction of sp³-hybridized carbons (Fsp3) is 0.